The van der Waals surface area contributed by atoms with Crippen molar-refractivity contribution < 1.29 is 14.7 Å². The molecule has 2 amide bonds. The maximum Gasteiger partial charge on any atom is 0.320 e. The number of aliphatic carboxylic acids is 1. The number of piperazine rings is 1. The molecule has 6 heteroatoms. The zero-order valence-electron chi connectivity index (χ0n) is 12.6. The van der Waals surface area contributed by atoms with Crippen LogP contribution in [-0.2, 0) is 4.79 Å². The van der Waals surface area contributed by atoms with Crippen LogP contribution in [-0.4, -0.2) is 77.6 Å². The van der Waals surface area contributed by atoms with Crippen molar-refractivity contribution in [2.45, 2.75) is 32.7 Å². The van der Waals surface area contributed by atoms with Crippen LogP contribution in [0.5, 0.6) is 0 Å². The molecule has 2 aliphatic heterocycles. The summed E-state index contributed by atoms with van der Waals surface area (Å²) in [6.07, 6.45) is 1.41. The number of carboxylic acids is 1. The van der Waals surface area contributed by atoms with Crippen molar-refractivity contribution in [1.82, 2.24) is 14.7 Å². The summed E-state index contributed by atoms with van der Waals surface area (Å²) in [6, 6.07) is 0.348. The number of carbonyl (C=O) groups is 2. The molecule has 2 fully saturated rings. The van der Waals surface area contributed by atoms with Crippen molar-refractivity contribution in [2.75, 3.05) is 39.8 Å². The zero-order chi connectivity index (χ0) is 14.9. The number of hydrogen-bond acceptors (Lipinski definition) is 3. The summed E-state index contributed by atoms with van der Waals surface area (Å²) in [5.41, 5.74) is -0.799. The second kappa shape index (κ2) is 5.60. The Hall–Kier alpha value is -1.30. The Morgan fingerprint density at radius 2 is 1.90 bits per heavy atom. The zero-order valence-corrected chi connectivity index (χ0v) is 12.6. The third kappa shape index (κ3) is 2.90. The Kier molecular flexibility index (Phi) is 4.22. The van der Waals surface area contributed by atoms with Crippen LogP contribution in [0.4, 0.5) is 4.79 Å². The third-order valence-electron chi connectivity index (χ3n) is 4.71. The topological polar surface area (TPSA) is 64.1 Å². The van der Waals surface area contributed by atoms with E-state index in [0.29, 0.717) is 25.6 Å². The Morgan fingerprint density at radius 3 is 2.50 bits per heavy atom. The maximum atomic E-state index is 12.6. The molecule has 0 aromatic carbocycles. The molecule has 0 radical (unpaired) electrons. The number of amides is 2. The van der Waals surface area contributed by atoms with Crippen molar-refractivity contribution >= 4 is 12.0 Å². The van der Waals surface area contributed by atoms with E-state index >= 15 is 0 Å². The largest absolute Gasteiger partial charge is 0.481 e. The van der Waals surface area contributed by atoms with Crippen LogP contribution < -0.4 is 0 Å². The second-order valence-electron chi connectivity index (χ2n) is 6.45. The van der Waals surface area contributed by atoms with E-state index in [0.717, 1.165) is 26.1 Å². The molecule has 0 aromatic heterocycles. The minimum atomic E-state index is -0.804. The van der Waals surface area contributed by atoms with Crippen molar-refractivity contribution in [2.24, 2.45) is 5.41 Å². The first kappa shape index (κ1) is 15.1. The lowest BCUT2D eigenvalue weighted by atomic mass is 9.82. The summed E-state index contributed by atoms with van der Waals surface area (Å²) >= 11 is 0. The van der Waals surface area contributed by atoms with Crippen LogP contribution in [0.2, 0.25) is 0 Å². The lowest BCUT2D eigenvalue weighted by Gasteiger charge is -2.43. The van der Waals surface area contributed by atoms with Gasteiger partial charge in [0.25, 0.3) is 0 Å². The van der Waals surface area contributed by atoms with E-state index in [2.05, 4.69) is 18.9 Å². The summed E-state index contributed by atoms with van der Waals surface area (Å²) in [7, 11) is 2.06. The molecule has 1 N–H and O–H groups in total. The number of likely N-dealkylation sites (tertiary alicyclic amines) is 1. The molecule has 0 bridgehead atoms. The molecule has 2 aliphatic rings. The van der Waals surface area contributed by atoms with Gasteiger partial charge in [0.15, 0.2) is 0 Å². The summed E-state index contributed by atoms with van der Waals surface area (Å²) in [6.45, 7) is 7.15. The highest BCUT2D eigenvalue weighted by Gasteiger charge is 2.40. The van der Waals surface area contributed by atoms with Crippen molar-refractivity contribution in [1.29, 1.82) is 0 Å². The standard InChI is InChI=1S/C14H25N3O3/c1-11-9-16(8-7-15(11)3)13(20)17-6-4-5-14(2,10-17)12(18)19/h11H,4-10H2,1-3H3,(H,18,19). The number of hydrogen-bond donors (Lipinski definition) is 1. The van der Waals surface area contributed by atoms with Gasteiger partial charge in [0.1, 0.15) is 0 Å². The molecule has 20 heavy (non-hydrogen) atoms. The summed E-state index contributed by atoms with van der Waals surface area (Å²) in [4.78, 5) is 29.7. The number of likely N-dealkylation sites (N-methyl/N-ethyl adjacent to an activating group) is 1. The molecule has 2 atom stereocenters. The predicted molar refractivity (Wildman–Crippen MR) is 75.6 cm³/mol. The Morgan fingerprint density at radius 1 is 1.20 bits per heavy atom. The van der Waals surface area contributed by atoms with Gasteiger partial charge in [-0.1, -0.05) is 0 Å². The third-order valence-corrected chi connectivity index (χ3v) is 4.71. The molecule has 114 valence electrons. The quantitative estimate of drug-likeness (QED) is 0.777. The molecule has 2 heterocycles. The Balaban J connectivity index is 2.00. The van der Waals surface area contributed by atoms with E-state index in [1.807, 2.05) is 4.90 Å². The lowest BCUT2D eigenvalue weighted by Crippen LogP contribution is -2.58. The number of nitrogens with zero attached hydrogens (tertiary/aromatic N) is 3. The van der Waals surface area contributed by atoms with E-state index in [4.69, 9.17) is 0 Å². The van der Waals surface area contributed by atoms with Gasteiger partial charge < -0.3 is 19.8 Å². The predicted octanol–water partition coefficient (Wildman–Crippen LogP) is 0.929. The highest BCUT2D eigenvalue weighted by Crippen LogP contribution is 2.30. The first-order valence-corrected chi connectivity index (χ1v) is 7.31. The van der Waals surface area contributed by atoms with E-state index in [9.17, 15) is 14.7 Å². The van der Waals surface area contributed by atoms with Gasteiger partial charge >= 0.3 is 12.0 Å². The minimum absolute atomic E-state index is 0.00266. The van der Waals surface area contributed by atoms with Gasteiger partial charge in [-0.05, 0) is 33.7 Å². The molecule has 0 saturated carbocycles. The highest BCUT2D eigenvalue weighted by atomic mass is 16.4. The normalized spacial score (nSPS) is 32.2. The average Bonchev–Trinajstić information content (AvgIpc) is 2.41. The molecular formula is C14H25N3O3. The number of carbonyl (C=O) groups excluding carboxylic acids is 1. The van der Waals surface area contributed by atoms with Gasteiger partial charge in [-0.3, -0.25) is 4.79 Å². The fraction of sp³-hybridized carbons (Fsp3) is 0.857. The summed E-state index contributed by atoms with van der Waals surface area (Å²) in [5.74, 6) is -0.804. The van der Waals surface area contributed by atoms with Crippen LogP contribution in [0.1, 0.15) is 26.7 Å². The van der Waals surface area contributed by atoms with E-state index in [-0.39, 0.29) is 6.03 Å². The van der Waals surface area contributed by atoms with Crippen molar-refractivity contribution in [3.05, 3.63) is 0 Å². The van der Waals surface area contributed by atoms with Crippen LogP contribution in [0, 0.1) is 5.41 Å². The van der Waals surface area contributed by atoms with E-state index < -0.39 is 11.4 Å². The molecule has 2 rings (SSSR count). The van der Waals surface area contributed by atoms with Gasteiger partial charge in [-0.25, -0.2) is 4.79 Å². The fourth-order valence-corrected chi connectivity index (χ4v) is 3.00. The molecule has 0 spiro atoms. The van der Waals surface area contributed by atoms with Gasteiger partial charge in [-0.15, -0.1) is 0 Å². The van der Waals surface area contributed by atoms with Crippen molar-refractivity contribution in [3.63, 3.8) is 0 Å². The van der Waals surface area contributed by atoms with E-state index in [1.54, 1.807) is 11.8 Å². The Bertz CT molecular complexity index is 401. The fourth-order valence-electron chi connectivity index (χ4n) is 3.00. The van der Waals surface area contributed by atoms with Gasteiger partial charge in [0, 0.05) is 38.8 Å². The minimum Gasteiger partial charge on any atom is -0.481 e. The number of rotatable bonds is 1. The monoisotopic (exact) mass is 283 g/mol. The maximum absolute atomic E-state index is 12.6. The van der Waals surface area contributed by atoms with Gasteiger partial charge in [0.05, 0.1) is 5.41 Å². The smallest absolute Gasteiger partial charge is 0.320 e. The van der Waals surface area contributed by atoms with Crippen LogP contribution >= 0.6 is 0 Å². The highest BCUT2D eigenvalue weighted by molar-refractivity contribution is 5.78. The Labute approximate surface area is 120 Å². The first-order chi connectivity index (χ1) is 9.33. The van der Waals surface area contributed by atoms with E-state index in [1.165, 1.54) is 0 Å². The lowest BCUT2D eigenvalue weighted by molar-refractivity contribution is -0.150. The molecule has 0 aliphatic carbocycles. The SMILES string of the molecule is CC1CN(C(=O)N2CCCC(C)(C(=O)O)C2)CCN1C. The molecule has 6 nitrogen and oxygen atoms in total. The number of carboxylic acid groups (broad SMARTS) is 1. The average molecular weight is 283 g/mol. The second-order valence-corrected chi connectivity index (χ2v) is 6.45. The molecule has 2 saturated heterocycles. The molecule has 2 unspecified atom stereocenters. The van der Waals surface area contributed by atoms with Crippen LogP contribution in [0.25, 0.3) is 0 Å². The number of piperidine rings is 1. The van der Waals surface area contributed by atoms with Gasteiger partial charge in [0.2, 0.25) is 0 Å². The molecule has 0 aromatic rings. The first-order valence-electron chi connectivity index (χ1n) is 7.31. The number of urea groups is 1. The van der Waals surface area contributed by atoms with Gasteiger partial charge in [-0.2, -0.15) is 0 Å². The van der Waals surface area contributed by atoms with Crippen LogP contribution in [0.3, 0.4) is 0 Å². The molecular weight excluding hydrogens is 258 g/mol. The summed E-state index contributed by atoms with van der Waals surface area (Å²) in [5, 5.41) is 9.33. The summed E-state index contributed by atoms with van der Waals surface area (Å²) < 4.78 is 0. The van der Waals surface area contributed by atoms with Crippen LogP contribution in [0.15, 0.2) is 0 Å². The van der Waals surface area contributed by atoms with Crippen molar-refractivity contribution in [3.8, 4) is 0 Å².